The lowest BCUT2D eigenvalue weighted by Crippen LogP contribution is -2.32. The Morgan fingerprint density at radius 3 is 2.49 bits per heavy atom. The van der Waals surface area contributed by atoms with Gasteiger partial charge in [-0.2, -0.15) is 9.97 Å². The fourth-order valence-electron chi connectivity index (χ4n) is 4.02. The van der Waals surface area contributed by atoms with E-state index < -0.39 is 0 Å². The quantitative estimate of drug-likeness (QED) is 0.346. The van der Waals surface area contributed by atoms with E-state index in [1.807, 2.05) is 36.4 Å². The largest absolute Gasteiger partial charge is 0.439 e. The van der Waals surface area contributed by atoms with Gasteiger partial charge < -0.3 is 20.3 Å². The normalized spacial score (nSPS) is 12.5. The number of benzene rings is 3. The third kappa shape index (κ3) is 5.94. The molecule has 0 amide bonds. The Kier molecular flexibility index (Phi) is 6.86. The molecule has 4 aromatic rings. The van der Waals surface area contributed by atoms with Crippen LogP contribution in [-0.4, -0.2) is 21.6 Å². The molecule has 0 saturated carbocycles. The Morgan fingerprint density at radius 2 is 1.69 bits per heavy atom. The smallest absolute Gasteiger partial charge is 0.234 e. The molecule has 2 N–H and O–H groups in total. The summed E-state index contributed by atoms with van der Waals surface area (Å²) < 4.78 is 6.06. The van der Waals surface area contributed by atoms with E-state index >= 15 is 0 Å². The molecule has 1 aromatic heterocycles. The monoisotopic (exact) mass is 481 g/mol. The Bertz CT molecular complexity index is 1310. The zero-order valence-electron chi connectivity index (χ0n) is 19.6. The molecular weight excluding hydrogens is 454 g/mol. The number of anilines is 2. The number of nitrogens with zero attached hydrogens (tertiary/aromatic N) is 3. The van der Waals surface area contributed by atoms with Crippen LogP contribution in [0, 0.1) is 6.92 Å². The summed E-state index contributed by atoms with van der Waals surface area (Å²) in [5.41, 5.74) is 5.08. The van der Waals surface area contributed by atoms with Gasteiger partial charge in [-0.25, -0.2) is 0 Å². The predicted octanol–water partition coefficient (Wildman–Crippen LogP) is 5.63. The highest BCUT2D eigenvalue weighted by molar-refractivity contribution is 7.80. The second-order valence-corrected chi connectivity index (χ2v) is 8.94. The van der Waals surface area contributed by atoms with Gasteiger partial charge in [0.2, 0.25) is 11.8 Å². The first-order valence-corrected chi connectivity index (χ1v) is 12.1. The number of aryl methyl sites for hydroxylation is 1. The topological polar surface area (TPSA) is 62.3 Å². The number of ether oxygens (including phenoxy) is 1. The summed E-state index contributed by atoms with van der Waals surface area (Å²) in [5, 5.41) is 6.83. The Morgan fingerprint density at radius 1 is 0.943 bits per heavy atom. The second kappa shape index (κ2) is 10.5. The standard InChI is InChI=1S/C28H27N5OS/c1-20-11-13-21(14-12-20)18-29-28(35)32-27-30-25(17-26(31-27)34-24-9-3-2-4-10-24)33-16-15-22-7-5-6-8-23(22)19-33/h2-14,17H,15-16,18-19H2,1H3,(H2,29,30,31,32,35). The summed E-state index contributed by atoms with van der Waals surface area (Å²) in [4.78, 5) is 11.6. The van der Waals surface area contributed by atoms with Gasteiger partial charge in [0.15, 0.2) is 5.11 Å². The highest BCUT2D eigenvalue weighted by atomic mass is 32.1. The number of fused-ring (bicyclic) bond motifs is 1. The molecule has 0 atom stereocenters. The molecule has 0 radical (unpaired) electrons. The SMILES string of the molecule is Cc1ccc(CNC(=S)Nc2nc(Oc3ccccc3)cc(N3CCc4ccccc4C3)n2)cc1. The van der Waals surface area contributed by atoms with E-state index in [1.165, 1.54) is 16.7 Å². The maximum absolute atomic E-state index is 6.06. The maximum Gasteiger partial charge on any atom is 0.234 e. The van der Waals surface area contributed by atoms with E-state index in [0.717, 1.165) is 30.9 Å². The molecule has 3 aromatic carbocycles. The van der Waals surface area contributed by atoms with Crippen LogP contribution in [0.1, 0.15) is 22.3 Å². The third-order valence-electron chi connectivity index (χ3n) is 5.91. The Balaban J connectivity index is 1.35. The molecule has 2 heterocycles. The molecule has 176 valence electrons. The van der Waals surface area contributed by atoms with Gasteiger partial charge in [0.1, 0.15) is 11.6 Å². The first-order valence-electron chi connectivity index (χ1n) is 11.7. The van der Waals surface area contributed by atoms with E-state index in [9.17, 15) is 0 Å². The van der Waals surface area contributed by atoms with Crippen molar-refractivity contribution in [2.24, 2.45) is 0 Å². The minimum absolute atomic E-state index is 0.397. The maximum atomic E-state index is 6.06. The molecule has 0 fully saturated rings. The van der Waals surface area contributed by atoms with Crippen LogP contribution in [-0.2, 0) is 19.5 Å². The number of thiocarbonyl (C=S) groups is 1. The van der Waals surface area contributed by atoms with Crippen LogP contribution in [0.15, 0.2) is 84.9 Å². The van der Waals surface area contributed by atoms with E-state index in [-0.39, 0.29) is 0 Å². The first kappa shape index (κ1) is 22.8. The molecule has 5 rings (SSSR count). The van der Waals surface area contributed by atoms with E-state index in [1.54, 1.807) is 0 Å². The van der Waals surface area contributed by atoms with Crippen LogP contribution < -0.4 is 20.3 Å². The van der Waals surface area contributed by atoms with Crippen molar-refractivity contribution in [2.45, 2.75) is 26.4 Å². The lowest BCUT2D eigenvalue weighted by atomic mass is 10.00. The summed E-state index contributed by atoms with van der Waals surface area (Å²) in [6, 6.07) is 28.4. The van der Waals surface area contributed by atoms with Crippen LogP contribution in [0.5, 0.6) is 11.6 Å². The van der Waals surface area contributed by atoms with Gasteiger partial charge in [0.25, 0.3) is 0 Å². The van der Waals surface area contributed by atoms with Crippen molar-refractivity contribution >= 4 is 29.1 Å². The van der Waals surface area contributed by atoms with Crippen molar-refractivity contribution in [2.75, 3.05) is 16.8 Å². The van der Waals surface area contributed by atoms with Crippen LogP contribution in [0.25, 0.3) is 0 Å². The lowest BCUT2D eigenvalue weighted by Gasteiger charge is -2.30. The van der Waals surface area contributed by atoms with Gasteiger partial charge >= 0.3 is 0 Å². The van der Waals surface area contributed by atoms with Crippen molar-refractivity contribution in [3.05, 3.63) is 107 Å². The molecule has 0 aliphatic carbocycles. The molecule has 0 bridgehead atoms. The van der Waals surface area contributed by atoms with Crippen molar-refractivity contribution in [3.63, 3.8) is 0 Å². The van der Waals surface area contributed by atoms with Crippen molar-refractivity contribution < 1.29 is 4.74 Å². The third-order valence-corrected chi connectivity index (χ3v) is 6.15. The van der Waals surface area contributed by atoms with E-state index in [2.05, 4.69) is 76.0 Å². The van der Waals surface area contributed by atoms with Gasteiger partial charge in [-0.15, -0.1) is 0 Å². The summed E-state index contributed by atoms with van der Waals surface area (Å²) in [7, 11) is 0. The summed E-state index contributed by atoms with van der Waals surface area (Å²) in [6.07, 6.45) is 0.967. The fourth-order valence-corrected chi connectivity index (χ4v) is 4.18. The molecule has 0 spiro atoms. The van der Waals surface area contributed by atoms with E-state index in [4.69, 9.17) is 21.9 Å². The number of rotatable bonds is 6. The molecule has 7 heteroatoms. The molecule has 0 saturated heterocycles. The van der Waals surface area contributed by atoms with Crippen LogP contribution in [0.2, 0.25) is 0 Å². The van der Waals surface area contributed by atoms with Crippen molar-refractivity contribution in [3.8, 4) is 11.6 Å². The highest BCUT2D eigenvalue weighted by Crippen LogP contribution is 2.28. The Labute approximate surface area is 211 Å². The minimum atomic E-state index is 0.397. The zero-order valence-corrected chi connectivity index (χ0v) is 20.4. The van der Waals surface area contributed by atoms with Crippen LogP contribution in [0.3, 0.4) is 0 Å². The van der Waals surface area contributed by atoms with Crippen LogP contribution >= 0.6 is 12.2 Å². The van der Waals surface area contributed by atoms with Crippen molar-refractivity contribution in [1.29, 1.82) is 0 Å². The zero-order chi connectivity index (χ0) is 24.0. The molecule has 0 unspecified atom stereocenters. The number of nitrogens with one attached hydrogen (secondary N) is 2. The molecule has 35 heavy (non-hydrogen) atoms. The first-order chi connectivity index (χ1) is 17.1. The minimum Gasteiger partial charge on any atom is -0.439 e. The van der Waals surface area contributed by atoms with Crippen molar-refractivity contribution in [1.82, 2.24) is 15.3 Å². The average molecular weight is 482 g/mol. The summed E-state index contributed by atoms with van der Waals surface area (Å²) in [6.45, 7) is 4.34. The van der Waals surface area contributed by atoms with E-state index in [0.29, 0.717) is 29.2 Å². The highest BCUT2D eigenvalue weighted by Gasteiger charge is 2.19. The number of hydrogen-bond acceptors (Lipinski definition) is 5. The fraction of sp³-hybridized carbons (Fsp3) is 0.179. The number of aromatic nitrogens is 2. The molecular formula is C28H27N5OS. The summed E-state index contributed by atoms with van der Waals surface area (Å²) in [5.74, 6) is 2.37. The van der Waals surface area contributed by atoms with Gasteiger partial charge in [-0.3, -0.25) is 0 Å². The lowest BCUT2D eigenvalue weighted by molar-refractivity contribution is 0.462. The molecule has 6 nitrogen and oxygen atoms in total. The molecule has 1 aliphatic rings. The predicted molar refractivity (Wildman–Crippen MR) is 144 cm³/mol. The summed E-state index contributed by atoms with van der Waals surface area (Å²) >= 11 is 5.53. The average Bonchev–Trinajstić information content (AvgIpc) is 2.88. The second-order valence-electron chi connectivity index (χ2n) is 8.54. The van der Waals surface area contributed by atoms with Gasteiger partial charge in [-0.05, 0) is 54.4 Å². The van der Waals surface area contributed by atoms with Gasteiger partial charge in [0, 0.05) is 25.7 Å². The number of para-hydroxylation sites is 1. The van der Waals surface area contributed by atoms with Crippen LogP contribution in [0.4, 0.5) is 11.8 Å². The van der Waals surface area contributed by atoms with Gasteiger partial charge in [-0.1, -0.05) is 72.3 Å². The number of hydrogen-bond donors (Lipinski definition) is 2. The molecule has 1 aliphatic heterocycles. The Hall–Kier alpha value is -3.97. The van der Waals surface area contributed by atoms with Gasteiger partial charge in [0.05, 0.1) is 0 Å².